The van der Waals surface area contributed by atoms with Crippen molar-refractivity contribution >= 4 is 17.1 Å². The molecule has 0 unspecified atom stereocenters. The molecule has 3 heterocycles. The summed E-state index contributed by atoms with van der Waals surface area (Å²) in [4.78, 5) is 22.4. The van der Waals surface area contributed by atoms with E-state index in [1.54, 1.807) is 17.4 Å². The maximum Gasteiger partial charge on any atom is 0.274 e. The van der Waals surface area contributed by atoms with Gasteiger partial charge in [-0.15, -0.1) is 11.3 Å². The van der Waals surface area contributed by atoms with Gasteiger partial charge in [0.05, 0.1) is 17.1 Å². The lowest BCUT2D eigenvalue weighted by molar-refractivity contribution is 0.749. The lowest BCUT2D eigenvalue weighted by Gasteiger charge is -2.12. The number of fused-ring (bicyclic) bond motifs is 1. The predicted molar refractivity (Wildman–Crippen MR) is 104 cm³/mol. The number of hydrogen-bond acceptors (Lipinski definition) is 5. The number of H-pyrrole nitrogens is 1. The van der Waals surface area contributed by atoms with Gasteiger partial charge in [0, 0.05) is 18.2 Å². The van der Waals surface area contributed by atoms with E-state index in [4.69, 9.17) is 0 Å². The molecule has 0 saturated carbocycles. The van der Waals surface area contributed by atoms with Gasteiger partial charge in [-0.3, -0.25) is 9.89 Å². The molecule has 3 aromatic rings. The summed E-state index contributed by atoms with van der Waals surface area (Å²) in [5.41, 5.74) is 4.13. The topological polar surface area (TPSA) is 75.1 Å². The molecule has 26 heavy (non-hydrogen) atoms. The molecule has 0 aliphatic heterocycles. The summed E-state index contributed by atoms with van der Waals surface area (Å²) in [6.45, 7) is 4.69. The van der Waals surface area contributed by atoms with Crippen LogP contribution in [0.25, 0.3) is 16.5 Å². The van der Waals surface area contributed by atoms with Crippen LogP contribution in [0.5, 0.6) is 0 Å². The van der Waals surface area contributed by atoms with Gasteiger partial charge in [0.15, 0.2) is 5.82 Å². The Morgan fingerprint density at radius 2 is 2.23 bits per heavy atom. The number of thiophene rings is 1. The smallest absolute Gasteiger partial charge is 0.274 e. The Hall–Kier alpha value is -2.93. The lowest BCUT2D eigenvalue weighted by atomic mass is 10.1. The molecule has 0 saturated heterocycles. The molecule has 0 radical (unpaired) electrons. The summed E-state index contributed by atoms with van der Waals surface area (Å²) in [6.07, 6.45) is 7.14. The van der Waals surface area contributed by atoms with Crippen LogP contribution in [0.15, 0.2) is 63.4 Å². The normalized spacial score (nSPS) is 14.6. The van der Waals surface area contributed by atoms with Crippen molar-refractivity contribution in [2.24, 2.45) is 0 Å². The number of rotatable bonds is 4. The van der Waals surface area contributed by atoms with E-state index in [0.717, 1.165) is 17.0 Å². The van der Waals surface area contributed by atoms with Crippen molar-refractivity contribution in [2.75, 3.05) is 0 Å². The average molecular weight is 365 g/mol. The van der Waals surface area contributed by atoms with E-state index in [1.807, 2.05) is 17.5 Å². The third kappa shape index (κ3) is 3.13. The maximum absolute atomic E-state index is 12.4. The van der Waals surface area contributed by atoms with Crippen LogP contribution >= 0.6 is 11.3 Å². The second-order valence-corrected chi connectivity index (χ2v) is 7.16. The van der Waals surface area contributed by atoms with Crippen molar-refractivity contribution in [2.45, 2.75) is 26.8 Å². The van der Waals surface area contributed by atoms with Gasteiger partial charge >= 0.3 is 0 Å². The average Bonchev–Trinajstić information content (AvgIpc) is 3.26. The van der Waals surface area contributed by atoms with Gasteiger partial charge in [-0.25, -0.2) is 4.98 Å². The standard InChI is InChI=1S/C19H19N5OS/c1-12-6-3-4-7-15(13(12)2)20-11-14-10-17(25)24-19(21-14)22-18(23-24)16-8-5-9-26-16/h3-6,8-10,20H,7,11H2,1-2H3,(H,21,22,23). The minimum Gasteiger partial charge on any atom is -0.382 e. The zero-order valence-electron chi connectivity index (χ0n) is 14.6. The summed E-state index contributed by atoms with van der Waals surface area (Å²) < 4.78 is 1.38. The van der Waals surface area contributed by atoms with Crippen LogP contribution < -0.4 is 10.9 Å². The van der Waals surface area contributed by atoms with Crippen LogP contribution in [0.3, 0.4) is 0 Å². The summed E-state index contributed by atoms with van der Waals surface area (Å²) in [5, 5.41) is 8.41. The van der Waals surface area contributed by atoms with Crippen molar-refractivity contribution in [1.29, 1.82) is 0 Å². The molecule has 0 spiro atoms. The number of hydrogen-bond donors (Lipinski definition) is 2. The van der Waals surface area contributed by atoms with Crippen molar-refractivity contribution in [3.05, 3.63) is 74.7 Å². The lowest BCUT2D eigenvalue weighted by Crippen LogP contribution is -2.20. The van der Waals surface area contributed by atoms with Crippen LogP contribution in [-0.4, -0.2) is 19.6 Å². The molecular formula is C19H19N5OS. The van der Waals surface area contributed by atoms with Crippen molar-refractivity contribution in [1.82, 2.24) is 24.9 Å². The summed E-state index contributed by atoms with van der Waals surface area (Å²) in [5.74, 6) is 1.04. The molecule has 0 atom stereocenters. The maximum atomic E-state index is 12.4. The third-order valence-corrected chi connectivity index (χ3v) is 5.35. The molecule has 1 aliphatic carbocycles. The van der Waals surface area contributed by atoms with E-state index < -0.39 is 0 Å². The molecule has 0 amide bonds. The zero-order chi connectivity index (χ0) is 18.1. The van der Waals surface area contributed by atoms with Crippen LogP contribution in [0.1, 0.15) is 26.0 Å². The first-order valence-electron chi connectivity index (χ1n) is 8.42. The number of aromatic nitrogens is 4. The molecule has 6 nitrogen and oxygen atoms in total. The van der Waals surface area contributed by atoms with E-state index in [2.05, 4.69) is 52.5 Å². The van der Waals surface area contributed by atoms with Gasteiger partial charge in [-0.05, 0) is 36.4 Å². The Balaban J connectivity index is 1.61. The summed E-state index contributed by atoms with van der Waals surface area (Å²) in [6, 6.07) is 5.45. The van der Waals surface area contributed by atoms with E-state index in [1.165, 1.54) is 15.7 Å². The van der Waals surface area contributed by atoms with Gasteiger partial charge in [-0.2, -0.15) is 9.50 Å². The SMILES string of the molecule is CC1=CC=CCC(NCc2cc(=O)n3[nH]c(-c4cccs4)nc3n2)=C1C. The number of nitrogens with one attached hydrogen (secondary N) is 2. The van der Waals surface area contributed by atoms with Gasteiger partial charge in [-0.1, -0.05) is 24.3 Å². The highest BCUT2D eigenvalue weighted by atomic mass is 32.1. The predicted octanol–water partition coefficient (Wildman–Crippen LogP) is 3.42. The Kier molecular flexibility index (Phi) is 4.30. The van der Waals surface area contributed by atoms with Crippen LogP contribution in [-0.2, 0) is 6.54 Å². The number of allylic oxidation sites excluding steroid dienone is 5. The van der Waals surface area contributed by atoms with Crippen LogP contribution in [0.4, 0.5) is 0 Å². The number of aromatic amines is 1. The van der Waals surface area contributed by atoms with Gasteiger partial charge in [0.2, 0.25) is 0 Å². The molecule has 0 aromatic carbocycles. The molecular weight excluding hydrogens is 346 g/mol. The minimum absolute atomic E-state index is 0.162. The summed E-state index contributed by atoms with van der Waals surface area (Å²) in [7, 11) is 0. The highest BCUT2D eigenvalue weighted by Crippen LogP contribution is 2.21. The fourth-order valence-electron chi connectivity index (χ4n) is 2.86. The molecule has 7 heteroatoms. The van der Waals surface area contributed by atoms with Crippen molar-refractivity contribution in [3.8, 4) is 10.7 Å². The van der Waals surface area contributed by atoms with E-state index in [-0.39, 0.29) is 5.56 Å². The minimum atomic E-state index is -0.162. The molecule has 0 fully saturated rings. The molecule has 132 valence electrons. The van der Waals surface area contributed by atoms with Gasteiger partial charge < -0.3 is 5.32 Å². The first-order chi connectivity index (χ1) is 12.6. The second kappa shape index (κ2) is 6.76. The van der Waals surface area contributed by atoms with Gasteiger partial charge in [0.1, 0.15) is 0 Å². The highest BCUT2D eigenvalue weighted by molar-refractivity contribution is 7.13. The summed E-state index contributed by atoms with van der Waals surface area (Å²) >= 11 is 1.57. The third-order valence-electron chi connectivity index (χ3n) is 4.47. The Labute approximate surface area is 154 Å². The van der Waals surface area contributed by atoms with Crippen molar-refractivity contribution < 1.29 is 0 Å². The zero-order valence-corrected chi connectivity index (χ0v) is 15.4. The number of nitrogens with zero attached hydrogens (tertiary/aromatic N) is 3. The van der Waals surface area contributed by atoms with E-state index in [0.29, 0.717) is 23.8 Å². The van der Waals surface area contributed by atoms with Crippen LogP contribution in [0.2, 0.25) is 0 Å². The second-order valence-electron chi connectivity index (χ2n) is 6.21. The Bertz CT molecular complexity index is 1100. The van der Waals surface area contributed by atoms with E-state index in [9.17, 15) is 4.79 Å². The quantitative estimate of drug-likeness (QED) is 0.743. The van der Waals surface area contributed by atoms with Crippen molar-refractivity contribution in [3.63, 3.8) is 0 Å². The molecule has 4 rings (SSSR count). The Morgan fingerprint density at radius 1 is 1.35 bits per heavy atom. The Morgan fingerprint density at radius 3 is 3.04 bits per heavy atom. The fraction of sp³-hybridized carbons (Fsp3) is 0.211. The fourth-order valence-corrected chi connectivity index (χ4v) is 3.52. The molecule has 2 N–H and O–H groups in total. The largest absolute Gasteiger partial charge is 0.382 e. The molecule has 3 aromatic heterocycles. The highest BCUT2D eigenvalue weighted by Gasteiger charge is 2.11. The monoisotopic (exact) mass is 365 g/mol. The molecule has 0 bridgehead atoms. The van der Waals surface area contributed by atoms with E-state index >= 15 is 0 Å². The van der Waals surface area contributed by atoms with Crippen LogP contribution in [0, 0.1) is 0 Å². The first-order valence-corrected chi connectivity index (χ1v) is 9.30. The first kappa shape index (κ1) is 16.5. The van der Waals surface area contributed by atoms with Gasteiger partial charge in [0.25, 0.3) is 11.3 Å². The molecule has 1 aliphatic rings.